The number of imidazole rings is 1. The van der Waals surface area contributed by atoms with E-state index in [2.05, 4.69) is 9.97 Å². The van der Waals surface area contributed by atoms with Crippen LogP contribution in [0.2, 0.25) is 0 Å². The highest BCUT2D eigenvalue weighted by Gasteiger charge is 2.13. The van der Waals surface area contributed by atoms with Crippen LogP contribution in [0, 0.1) is 0 Å². The molecule has 0 saturated heterocycles. The lowest BCUT2D eigenvalue weighted by Crippen LogP contribution is -1.93. The summed E-state index contributed by atoms with van der Waals surface area (Å²) in [5, 5.41) is 9.95. The fraction of sp³-hybridized carbons (Fsp3) is 0.0769. The number of nitrogens with two attached hydrogens (primary N) is 1. The highest BCUT2D eigenvalue weighted by Crippen LogP contribution is 2.31. The fourth-order valence-corrected chi connectivity index (χ4v) is 2.03. The lowest BCUT2D eigenvalue weighted by atomic mass is 10.1. The predicted molar refractivity (Wildman–Crippen MR) is 70.0 cm³/mol. The number of hydrogen-bond acceptors (Lipinski definition) is 4. The molecule has 5 heteroatoms. The molecule has 0 amide bonds. The van der Waals surface area contributed by atoms with E-state index in [1.165, 1.54) is 6.07 Å². The molecule has 0 atom stereocenters. The van der Waals surface area contributed by atoms with E-state index in [1.807, 2.05) is 17.7 Å². The first-order valence-electron chi connectivity index (χ1n) is 5.52. The highest BCUT2D eigenvalue weighted by molar-refractivity contribution is 5.81. The Bertz CT molecular complexity index is 733. The summed E-state index contributed by atoms with van der Waals surface area (Å²) in [7, 11) is 1.90. The van der Waals surface area contributed by atoms with Gasteiger partial charge in [-0.2, -0.15) is 0 Å². The third-order valence-electron chi connectivity index (χ3n) is 2.95. The zero-order chi connectivity index (χ0) is 12.7. The molecule has 1 aromatic carbocycles. The van der Waals surface area contributed by atoms with Crippen LogP contribution >= 0.6 is 0 Å². The Morgan fingerprint density at radius 1 is 1.28 bits per heavy atom. The summed E-state index contributed by atoms with van der Waals surface area (Å²) in [6.45, 7) is 0. The van der Waals surface area contributed by atoms with Gasteiger partial charge in [0, 0.05) is 25.0 Å². The van der Waals surface area contributed by atoms with Crippen LogP contribution in [0.1, 0.15) is 0 Å². The molecule has 0 fully saturated rings. The zero-order valence-corrected chi connectivity index (χ0v) is 9.83. The van der Waals surface area contributed by atoms with Gasteiger partial charge in [0.1, 0.15) is 17.1 Å². The smallest absolute Gasteiger partial charge is 0.144 e. The minimum Gasteiger partial charge on any atom is -0.507 e. The summed E-state index contributed by atoms with van der Waals surface area (Å²) < 4.78 is 1.92. The van der Waals surface area contributed by atoms with Gasteiger partial charge in [-0.1, -0.05) is 0 Å². The first kappa shape index (κ1) is 10.6. The molecule has 0 aliphatic rings. The molecule has 3 N–H and O–H groups in total. The minimum atomic E-state index is 0.126. The molecular formula is C13H12N4O. The van der Waals surface area contributed by atoms with Gasteiger partial charge in [0.25, 0.3) is 0 Å². The number of aryl methyl sites for hydroxylation is 1. The van der Waals surface area contributed by atoms with Crippen molar-refractivity contribution in [2.75, 3.05) is 5.73 Å². The van der Waals surface area contributed by atoms with Crippen LogP contribution in [0.5, 0.6) is 5.75 Å². The van der Waals surface area contributed by atoms with Gasteiger partial charge in [0.2, 0.25) is 0 Å². The SMILES string of the molecule is Cn1c(-c2ccc(N)cc2O)nc2cnccc21. The molecule has 3 aromatic rings. The predicted octanol–water partition coefficient (Wildman–Crippen LogP) is 1.92. The monoisotopic (exact) mass is 240 g/mol. The molecule has 18 heavy (non-hydrogen) atoms. The third-order valence-corrected chi connectivity index (χ3v) is 2.95. The molecule has 0 aliphatic heterocycles. The fourth-order valence-electron chi connectivity index (χ4n) is 2.03. The van der Waals surface area contributed by atoms with Crippen LogP contribution in [0.15, 0.2) is 36.7 Å². The molecule has 3 rings (SSSR count). The maximum absolute atomic E-state index is 9.95. The summed E-state index contributed by atoms with van der Waals surface area (Å²) >= 11 is 0. The maximum Gasteiger partial charge on any atom is 0.144 e. The molecule has 0 unspecified atom stereocenters. The van der Waals surface area contributed by atoms with Gasteiger partial charge < -0.3 is 15.4 Å². The second kappa shape index (κ2) is 3.73. The number of aromatic nitrogens is 3. The Balaban J connectivity index is 2.28. The first-order chi connectivity index (χ1) is 8.66. The van der Waals surface area contributed by atoms with Crippen LogP contribution in [0.4, 0.5) is 5.69 Å². The molecule has 0 saturated carbocycles. The normalized spacial score (nSPS) is 10.9. The van der Waals surface area contributed by atoms with E-state index in [0.29, 0.717) is 17.1 Å². The van der Waals surface area contributed by atoms with E-state index in [0.717, 1.165) is 11.0 Å². The number of anilines is 1. The van der Waals surface area contributed by atoms with Crippen molar-refractivity contribution >= 4 is 16.7 Å². The molecule has 0 radical (unpaired) electrons. The summed E-state index contributed by atoms with van der Waals surface area (Å²) in [6.07, 6.45) is 3.42. The number of aromatic hydroxyl groups is 1. The Hall–Kier alpha value is -2.56. The van der Waals surface area contributed by atoms with E-state index in [4.69, 9.17) is 5.73 Å². The average Bonchev–Trinajstić information content (AvgIpc) is 2.68. The van der Waals surface area contributed by atoms with Gasteiger partial charge in [-0.3, -0.25) is 4.98 Å². The molecule has 0 bridgehead atoms. The van der Waals surface area contributed by atoms with Gasteiger partial charge in [-0.05, 0) is 18.2 Å². The lowest BCUT2D eigenvalue weighted by Gasteiger charge is -2.05. The van der Waals surface area contributed by atoms with E-state index in [-0.39, 0.29) is 5.75 Å². The van der Waals surface area contributed by atoms with Gasteiger partial charge in [0.15, 0.2) is 0 Å². The van der Waals surface area contributed by atoms with Crippen molar-refractivity contribution in [3.05, 3.63) is 36.7 Å². The number of pyridine rings is 1. The van der Waals surface area contributed by atoms with Crippen LogP contribution in [-0.4, -0.2) is 19.6 Å². The number of phenolic OH excluding ortho intramolecular Hbond substituents is 1. The van der Waals surface area contributed by atoms with Gasteiger partial charge in [-0.15, -0.1) is 0 Å². The van der Waals surface area contributed by atoms with E-state index in [9.17, 15) is 5.11 Å². The van der Waals surface area contributed by atoms with Crippen LogP contribution in [0.25, 0.3) is 22.4 Å². The Morgan fingerprint density at radius 3 is 2.83 bits per heavy atom. The minimum absolute atomic E-state index is 0.126. The van der Waals surface area contributed by atoms with Gasteiger partial charge in [-0.25, -0.2) is 4.98 Å². The third kappa shape index (κ3) is 1.48. The topological polar surface area (TPSA) is 77.0 Å². The number of rotatable bonds is 1. The average molecular weight is 240 g/mol. The Morgan fingerprint density at radius 2 is 2.11 bits per heavy atom. The molecule has 5 nitrogen and oxygen atoms in total. The standard InChI is InChI=1S/C13H12N4O/c1-17-11-4-5-15-7-10(11)16-13(17)9-3-2-8(14)6-12(9)18/h2-7,18H,14H2,1H3. The van der Waals surface area contributed by atoms with Crippen LogP contribution in [0.3, 0.4) is 0 Å². The molecule has 0 aliphatic carbocycles. The maximum atomic E-state index is 9.95. The van der Waals surface area contributed by atoms with Crippen molar-refractivity contribution in [3.63, 3.8) is 0 Å². The summed E-state index contributed by atoms with van der Waals surface area (Å²) in [5.74, 6) is 0.817. The van der Waals surface area contributed by atoms with E-state index < -0.39 is 0 Å². The second-order valence-corrected chi connectivity index (χ2v) is 4.14. The van der Waals surface area contributed by atoms with E-state index >= 15 is 0 Å². The zero-order valence-electron chi connectivity index (χ0n) is 9.83. The van der Waals surface area contributed by atoms with Crippen molar-refractivity contribution in [3.8, 4) is 17.1 Å². The Labute approximate surface area is 104 Å². The quantitative estimate of drug-likeness (QED) is 0.637. The van der Waals surface area contributed by atoms with Crippen LogP contribution < -0.4 is 5.73 Å². The highest BCUT2D eigenvalue weighted by atomic mass is 16.3. The summed E-state index contributed by atoms with van der Waals surface area (Å²) in [5.41, 5.74) is 8.57. The number of phenols is 1. The molecule has 0 spiro atoms. The largest absolute Gasteiger partial charge is 0.507 e. The number of nitrogens with zero attached hydrogens (tertiary/aromatic N) is 3. The second-order valence-electron chi connectivity index (χ2n) is 4.14. The van der Waals surface area contributed by atoms with Crippen LogP contribution in [-0.2, 0) is 7.05 Å². The lowest BCUT2D eigenvalue weighted by molar-refractivity contribution is 0.477. The Kier molecular flexibility index (Phi) is 2.19. The number of fused-ring (bicyclic) bond motifs is 1. The molecule has 2 aromatic heterocycles. The van der Waals surface area contributed by atoms with E-state index in [1.54, 1.807) is 24.5 Å². The first-order valence-corrected chi connectivity index (χ1v) is 5.52. The van der Waals surface area contributed by atoms with Gasteiger partial charge >= 0.3 is 0 Å². The summed E-state index contributed by atoms with van der Waals surface area (Å²) in [4.78, 5) is 8.51. The van der Waals surface area contributed by atoms with Crippen molar-refractivity contribution in [2.24, 2.45) is 7.05 Å². The number of benzene rings is 1. The molecular weight excluding hydrogens is 228 g/mol. The van der Waals surface area contributed by atoms with Crippen molar-refractivity contribution in [2.45, 2.75) is 0 Å². The van der Waals surface area contributed by atoms with Crippen molar-refractivity contribution < 1.29 is 5.11 Å². The number of nitrogen functional groups attached to an aromatic ring is 1. The summed E-state index contributed by atoms with van der Waals surface area (Å²) in [6, 6.07) is 6.92. The van der Waals surface area contributed by atoms with Crippen molar-refractivity contribution in [1.82, 2.24) is 14.5 Å². The number of hydrogen-bond donors (Lipinski definition) is 2. The molecule has 90 valence electrons. The van der Waals surface area contributed by atoms with Gasteiger partial charge in [0.05, 0.1) is 17.3 Å². The molecule has 2 heterocycles. The van der Waals surface area contributed by atoms with Crippen molar-refractivity contribution in [1.29, 1.82) is 0 Å².